The minimum absolute atomic E-state index is 0.156. The van der Waals surface area contributed by atoms with Gasteiger partial charge in [-0.05, 0) is 38.0 Å². The molecule has 1 saturated heterocycles. The van der Waals surface area contributed by atoms with E-state index in [0.717, 1.165) is 23.4 Å². The largest absolute Gasteiger partial charge is 0.448 e. The first kappa shape index (κ1) is 17.4. The van der Waals surface area contributed by atoms with Gasteiger partial charge in [0.1, 0.15) is 0 Å². The van der Waals surface area contributed by atoms with Gasteiger partial charge >= 0.3 is 0 Å². The third kappa shape index (κ3) is 2.79. The van der Waals surface area contributed by atoms with E-state index in [1.165, 1.54) is 10.8 Å². The molecule has 142 valence electrons. The molecule has 4 nitrogen and oxygen atoms in total. The lowest BCUT2D eigenvalue weighted by atomic mass is 9.98. The molecule has 2 aromatic carbocycles. The molecule has 0 N–H and O–H groups in total. The lowest BCUT2D eigenvalue weighted by molar-refractivity contribution is 0.0676. The molecule has 2 aromatic heterocycles. The van der Waals surface area contributed by atoms with Gasteiger partial charge in [0, 0.05) is 30.0 Å². The number of carbonyl (C=O) groups excluding carboxylic acids is 1. The van der Waals surface area contributed by atoms with Crippen LogP contribution < -0.4 is 0 Å². The van der Waals surface area contributed by atoms with Gasteiger partial charge in [0.05, 0.1) is 15.2 Å². The third-order valence-corrected chi connectivity index (χ3v) is 6.68. The predicted molar refractivity (Wildman–Crippen MR) is 108 cm³/mol. The second-order valence-corrected chi connectivity index (χ2v) is 8.35. The molecule has 1 aliphatic heterocycles. The summed E-state index contributed by atoms with van der Waals surface area (Å²) in [5.74, 6) is -0.147. The summed E-state index contributed by atoms with van der Waals surface area (Å²) in [5.41, 5.74) is 1.86. The minimum Gasteiger partial charge on any atom is -0.448 e. The van der Waals surface area contributed by atoms with Crippen LogP contribution in [0.25, 0.3) is 21.2 Å². The van der Waals surface area contributed by atoms with Gasteiger partial charge in [-0.3, -0.25) is 4.79 Å². The fraction of sp³-hybridized carbons (Fsp3) is 0.273. The average Bonchev–Trinajstić information content (AvgIpc) is 3.30. The Morgan fingerprint density at radius 1 is 1.25 bits per heavy atom. The number of carbonyl (C=O) groups is 1. The van der Waals surface area contributed by atoms with Gasteiger partial charge in [0.25, 0.3) is 5.91 Å². The Hall–Kier alpha value is -2.73. The van der Waals surface area contributed by atoms with Crippen molar-refractivity contribution in [2.24, 2.45) is 0 Å². The van der Waals surface area contributed by atoms with Crippen LogP contribution in [0.3, 0.4) is 0 Å². The molecule has 3 heterocycles. The smallest absolute Gasteiger partial charge is 0.289 e. The molecule has 0 aliphatic carbocycles. The van der Waals surface area contributed by atoms with Gasteiger partial charge in [-0.2, -0.15) is 0 Å². The summed E-state index contributed by atoms with van der Waals surface area (Å²) in [5, 5.41) is 1.73. The monoisotopic (exact) mass is 394 g/mol. The molecule has 0 spiro atoms. The molecule has 6 heteroatoms. The summed E-state index contributed by atoms with van der Waals surface area (Å²) in [6.07, 6.45) is 1.93. The number of hydrogen-bond donors (Lipinski definition) is 0. The van der Waals surface area contributed by atoms with Gasteiger partial charge in [-0.25, -0.2) is 9.37 Å². The van der Waals surface area contributed by atoms with E-state index in [4.69, 9.17) is 9.40 Å². The number of aryl methyl sites for hydroxylation is 1. The first-order valence-corrected chi connectivity index (χ1v) is 10.3. The van der Waals surface area contributed by atoms with Crippen LogP contribution in [-0.2, 0) is 0 Å². The van der Waals surface area contributed by atoms with E-state index in [0.29, 0.717) is 24.0 Å². The molecule has 0 bridgehead atoms. The maximum atomic E-state index is 14.0. The molecule has 0 radical (unpaired) electrons. The zero-order chi connectivity index (χ0) is 19.3. The van der Waals surface area contributed by atoms with Crippen LogP contribution in [0.1, 0.15) is 39.9 Å². The molecule has 1 fully saturated rings. The van der Waals surface area contributed by atoms with E-state index >= 15 is 0 Å². The highest BCUT2D eigenvalue weighted by Gasteiger charge is 2.30. The number of fused-ring (bicyclic) bond motifs is 2. The topological polar surface area (TPSA) is 46.3 Å². The predicted octanol–water partition coefficient (Wildman–Crippen LogP) is 5.51. The van der Waals surface area contributed by atoms with Crippen molar-refractivity contribution < 1.29 is 13.6 Å². The highest BCUT2D eigenvalue weighted by Crippen LogP contribution is 2.34. The number of rotatable bonds is 2. The number of furan rings is 1. The van der Waals surface area contributed by atoms with Gasteiger partial charge in [-0.1, -0.05) is 24.3 Å². The number of benzene rings is 2. The lowest BCUT2D eigenvalue weighted by Crippen LogP contribution is -2.39. The van der Waals surface area contributed by atoms with Crippen molar-refractivity contribution >= 4 is 38.4 Å². The molecule has 0 unspecified atom stereocenters. The SMILES string of the molecule is Cc1c(C(=O)N2CCC[C@@H](c3nc4ccccc4s3)C2)oc2c(F)cccc12. The molecule has 28 heavy (non-hydrogen) atoms. The van der Waals surface area contributed by atoms with E-state index in [9.17, 15) is 9.18 Å². The molecule has 5 rings (SSSR count). The number of para-hydroxylation sites is 2. The zero-order valence-electron chi connectivity index (χ0n) is 15.4. The van der Waals surface area contributed by atoms with Crippen molar-refractivity contribution in [3.8, 4) is 0 Å². The first-order chi connectivity index (χ1) is 13.6. The number of amides is 1. The Morgan fingerprint density at radius 3 is 2.93 bits per heavy atom. The van der Waals surface area contributed by atoms with Crippen LogP contribution >= 0.6 is 11.3 Å². The van der Waals surface area contributed by atoms with Gasteiger partial charge in [-0.15, -0.1) is 11.3 Å². The Balaban J connectivity index is 1.44. The number of hydrogen-bond acceptors (Lipinski definition) is 4. The highest BCUT2D eigenvalue weighted by molar-refractivity contribution is 7.18. The summed E-state index contributed by atoms with van der Waals surface area (Å²) in [7, 11) is 0. The van der Waals surface area contributed by atoms with Crippen LogP contribution in [0.2, 0.25) is 0 Å². The first-order valence-electron chi connectivity index (χ1n) is 9.44. The summed E-state index contributed by atoms with van der Waals surface area (Å²) in [6, 6.07) is 12.9. The van der Waals surface area contributed by atoms with Gasteiger partial charge < -0.3 is 9.32 Å². The van der Waals surface area contributed by atoms with E-state index in [2.05, 4.69) is 6.07 Å². The summed E-state index contributed by atoms with van der Waals surface area (Å²) < 4.78 is 20.9. The molecular formula is C22H19FN2O2S. The number of halogens is 1. The standard InChI is InChI=1S/C22H19FN2O2S/c1-13-15-7-4-8-16(23)20(15)27-19(13)22(26)25-11-5-6-14(12-25)21-24-17-9-2-3-10-18(17)28-21/h2-4,7-10,14H,5-6,11-12H2,1H3/t14-/m1/s1. The normalized spacial score (nSPS) is 17.5. The average molecular weight is 394 g/mol. The van der Waals surface area contributed by atoms with Crippen molar-refractivity contribution in [1.82, 2.24) is 9.88 Å². The van der Waals surface area contributed by atoms with Gasteiger partial charge in [0.15, 0.2) is 17.2 Å². The highest BCUT2D eigenvalue weighted by atomic mass is 32.1. The Labute approximate surface area is 165 Å². The van der Waals surface area contributed by atoms with Gasteiger partial charge in [0.2, 0.25) is 0 Å². The Bertz CT molecular complexity index is 1160. The minimum atomic E-state index is -0.439. The quantitative estimate of drug-likeness (QED) is 0.450. The fourth-order valence-corrected chi connectivity index (χ4v) is 5.08. The van der Waals surface area contributed by atoms with E-state index in [1.807, 2.05) is 30.0 Å². The van der Waals surface area contributed by atoms with Crippen LogP contribution in [0.5, 0.6) is 0 Å². The number of likely N-dealkylation sites (tertiary alicyclic amines) is 1. The molecule has 1 atom stereocenters. The van der Waals surface area contributed by atoms with Crippen LogP contribution in [0.4, 0.5) is 4.39 Å². The lowest BCUT2D eigenvalue weighted by Gasteiger charge is -2.31. The molecule has 0 saturated carbocycles. The number of nitrogens with zero attached hydrogens (tertiary/aromatic N) is 2. The zero-order valence-corrected chi connectivity index (χ0v) is 16.3. The van der Waals surface area contributed by atoms with Crippen molar-refractivity contribution in [3.05, 3.63) is 64.6 Å². The number of thiazole rings is 1. The Kier molecular flexibility index (Phi) is 4.16. The maximum absolute atomic E-state index is 14.0. The summed E-state index contributed by atoms with van der Waals surface area (Å²) in [6.45, 7) is 3.10. The van der Waals surface area contributed by atoms with E-state index in [1.54, 1.807) is 23.5 Å². The van der Waals surface area contributed by atoms with Crippen LogP contribution in [0, 0.1) is 12.7 Å². The van der Waals surface area contributed by atoms with E-state index in [-0.39, 0.29) is 23.2 Å². The Morgan fingerprint density at radius 2 is 2.11 bits per heavy atom. The molecule has 1 amide bonds. The molecular weight excluding hydrogens is 375 g/mol. The van der Waals surface area contributed by atoms with Crippen LogP contribution in [0.15, 0.2) is 46.9 Å². The summed E-state index contributed by atoms with van der Waals surface area (Å²) >= 11 is 1.70. The van der Waals surface area contributed by atoms with Crippen molar-refractivity contribution in [2.45, 2.75) is 25.7 Å². The molecule has 1 aliphatic rings. The van der Waals surface area contributed by atoms with Crippen molar-refractivity contribution in [1.29, 1.82) is 0 Å². The second-order valence-electron chi connectivity index (χ2n) is 7.28. The van der Waals surface area contributed by atoms with E-state index < -0.39 is 5.82 Å². The van der Waals surface area contributed by atoms with Crippen molar-refractivity contribution in [2.75, 3.05) is 13.1 Å². The number of aromatic nitrogens is 1. The number of piperidine rings is 1. The maximum Gasteiger partial charge on any atom is 0.289 e. The fourth-order valence-electron chi connectivity index (χ4n) is 3.98. The van der Waals surface area contributed by atoms with Crippen molar-refractivity contribution in [3.63, 3.8) is 0 Å². The summed E-state index contributed by atoms with van der Waals surface area (Å²) in [4.78, 5) is 19.7. The molecule has 4 aromatic rings. The third-order valence-electron chi connectivity index (χ3n) is 5.48. The second kappa shape index (κ2) is 6.71. The van der Waals surface area contributed by atoms with Crippen LogP contribution in [-0.4, -0.2) is 28.9 Å².